The summed E-state index contributed by atoms with van der Waals surface area (Å²) < 4.78 is 4.92. The lowest BCUT2D eigenvalue weighted by Gasteiger charge is -2.21. The maximum atomic E-state index is 12.8. The van der Waals surface area contributed by atoms with Crippen molar-refractivity contribution in [1.29, 1.82) is 0 Å². The first-order chi connectivity index (χ1) is 13.6. The van der Waals surface area contributed by atoms with Crippen LogP contribution in [0.15, 0.2) is 60.8 Å². The number of rotatable bonds is 8. The molecule has 0 aliphatic rings. The molecule has 0 spiro atoms. The number of nitrogens with one attached hydrogen (secondary N) is 3. The van der Waals surface area contributed by atoms with E-state index in [1.807, 2.05) is 60.8 Å². The van der Waals surface area contributed by atoms with Gasteiger partial charge in [0.25, 0.3) is 0 Å². The molecule has 3 N–H and O–H groups in total. The van der Waals surface area contributed by atoms with Crippen LogP contribution in [0.5, 0.6) is 0 Å². The smallest absolute Gasteiger partial charge is 0.328 e. The van der Waals surface area contributed by atoms with Crippen molar-refractivity contribution >= 4 is 22.8 Å². The summed E-state index contributed by atoms with van der Waals surface area (Å²) in [6.07, 6.45) is 2.75. The van der Waals surface area contributed by atoms with Crippen LogP contribution in [0, 0.1) is 0 Å². The van der Waals surface area contributed by atoms with Gasteiger partial charge in [0.15, 0.2) is 0 Å². The molecule has 0 aliphatic heterocycles. The van der Waals surface area contributed by atoms with E-state index in [9.17, 15) is 9.59 Å². The average Bonchev–Trinajstić information content (AvgIpc) is 3.14. The number of methoxy groups -OCH3 is 1. The Bertz CT molecular complexity index is 936. The summed E-state index contributed by atoms with van der Waals surface area (Å²) >= 11 is 0. The number of carbonyl (C=O) groups excluding carboxylic acids is 2. The van der Waals surface area contributed by atoms with Crippen LogP contribution < -0.4 is 10.6 Å². The van der Waals surface area contributed by atoms with E-state index in [4.69, 9.17) is 4.74 Å². The number of esters is 1. The highest BCUT2D eigenvalue weighted by atomic mass is 16.5. The number of aromatic amines is 1. The molecule has 6 nitrogen and oxygen atoms in total. The summed E-state index contributed by atoms with van der Waals surface area (Å²) in [7, 11) is 3.07. The van der Waals surface area contributed by atoms with E-state index in [1.54, 1.807) is 7.05 Å². The standard InChI is InChI=1S/C22H25N3O3/c1-23-19(12-15-8-4-3-5-9-15)21(26)25-20(22(27)28-2)13-16-14-24-18-11-7-6-10-17(16)18/h3-11,14,19-20,23-24H,12-13H2,1-2H3,(H,25,26)/t19-,20-/m0/s1. The van der Waals surface area contributed by atoms with Crippen LogP contribution in [0.2, 0.25) is 0 Å². The van der Waals surface area contributed by atoms with Crippen LogP contribution in [-0.4, -0.2) is 43.1 Å². The molecule has 1 aromatic heterocycles. The average molecular weight is 379 g/mol. The molecule has 0 saturated heterocycles. The van der Waals surface area contributed by atoms with E-state index < -0.39 is 18.1 Å². The van der Waals surface area contributed by atoms with Gasteiger partial charge in [-0.2, -0.15) is 0 Å². The third kappa shape index (κ3) is 4.58. The molecule has 0 unspecified atom stereocenters. The van der Waals surface area contributed by atoms with E-state index in [2.05, 4.69) is 15.6 Å². The monoisotopic (exact) mass is 379 g/mol. The van der Waals surface area contributed by atoms with Gasteiger partial charge in [-0.15, -0.1) is 0 Å². The molecule has 3 aromatic rings. The van der Waals surface area contributed by atoms with Gasteiger partial charge in [0.1, 0.15) is 6.04 Å². The number of H-pyrrole nitrogens is 1. The lowest BCUT2D eigenvalue weighted by molar-refractivity contribution is -0.145. The van der Waals surface area contributed by atoms with Gasteiger partial charge in [-0.1, -0.05) is 48.5 Å². The Hall–Kier alpha value is -3.12. The van der Waals surface area contributed by atoms with Gasteiger partial charge in [-0.3, -0.25) is 4.79 Å². The highest BCUT2D eigenvalue weighted by Crippen LogP contribution is 2.19. The zero-order valence-electron chi connectivity index (χ0n) is 16.1. The molecule has 0 radical (unpaired) electrons. The van der Waals surface area contributed by atoms with Crippen LogP contribution in [-0.2, 0) is 27.2 Å². The number of hydrogen-bond donors (Lipinski definition) is 3. The molecule has 6 heteroatoms. The minimum Gasteiger partial charge on any atom is -0.467 e. The minimum absolute atomic E-state index is 0.235. The highest BCUT2D eigenvalue weighted by Gasteiger charge is 2.26. The van der Waals surface area contributed by atoms with Gasteiger partial charge in [0, 0.05) is 23.5 Å². The van der Waals surface area contributed by atoms with Crippen LogP contribution in [0.1, 0.15) is 11.1 Å². The largest absolute Gasteiger partial charge is 0.467 e. The molecule has 146 valence electrons. The van der Waals surface area contributed by atoms with E-state index in [1.165, 1.54) is 7.11 Å². The molecule has 0 bridgehead atoms. The van der Waals surface area contributed by atoms with Crippen molar-refractivity contribution in [2.45, 2.75) is 24.9 Å². The van der Waals surface area contributed by atoms with Crippen molar-refractivity contribution in [3.05, 3.63) is 71.9 Å². The molecule has 0 saturated carbocycles. The number of amides is 1. The first kappa shape index (κ1) is 19.6. The fourth-order valence-corrected chi connectivity index (χ4v) is 3.30. The van der Waals surface area contributed by atoms with Crippen LogP contribution in [0.4, 0.5) is 0 Å². The Morgan fingerprint density at radius 2 is 1.71 bits per heavy atom. The van der Waals surface area contributed by atoms with E-state index in [0.717, 1.165) is 22.0 Å². The Labute approximate surface area is 164 Å². The molecule has 2 aromatic carbocycles. The molecule has 0 fully saturated rings. The molecule has 1 heterocycles. The van der Waals surface area contributed by atoms with Gasteiger partial charge in [-0.05, 0) is 30.7 Å². The fourth-order valence-electron chi connectivity index (χ4n) is 3.30. The molecule has 1 amide bonds. The summed E-state index contributed by atoms with van der Waals surface area (Å²) in [6.45, 7) is 0. The van der Waals surface area contributed by atoms with Gasteiger partial charge in [0.05, 0.1) is 13.2 Å². The van der Waals surface area contributed by atoms with E-state index in [-0.39, 0.29) is 5.91 Å². The fraction of sp³-hybridized carbons (Fsp3) is 0.273. The third-order valence-corrected chi connectivity index (χ3v) is 4.85. The van der Waals surface area contributed by atoms with Crippen molar-refractivity contribution in [2.24, 2.45) is 0 Å². The van der Waals surface area contributed by atoms with Crippen molar-refractivity contribution in [2.75, 3.05) is 14.2 Å². The van der Waals surface area contributed by atoms with Crippen molar-refractivity contribution in [3.8, 4) is 0 Å². The molecule has 28 heavy (non-hydrogen) atoms. The molecule has 3 rings (SSSR count). The summed E-state index contributed by atoms with van der Waals surface area (Å²) in [5.74, 6) is -0.699. The number of ether oxygens (including phenoxy) is 1. The number of likely N-dealkylation sites (N-methyl/N-ethyl adjacent to an activating group) is 1. The summed E-state index contributed by atoms with van der Waals surface area (Å²) in [5, 5.41) is 6.91. The predicted octanol–water partition coefficient (Wildman–Crippen LogP) is 2.20. The van der Waals surface area contributed by atoms with Crippen molar-refractivity contribution in [3.63, 3.8) is 0 Å². The Balaban J connectivity index is 1.74. The zero-order valence-corrected chi connectivity index (χ0v) is 16.1. The molecular formula is C22H25N3O3. The summed E-state index contributed by atoms with van der Waals surface area (Å²) in [4.78, 5) is 28.3. The first-order valence-electron chi connectivity index (χ1n) is 9.26. The number of para-hydroxylation sites is 1. The van der Waals surface area contributed by atoms with Crippen molar-refractivity contribution in [1.82, 2.24) is 15.6 Å². The van der Waals surface area contributed by atoms with Gasteiger partial charge < -0.3 is 20.4 Å². The SMILES string of the molecule is CN[C@@H](Cc1ccccc1)C(=O)N[C@@H](Cc1c[nH]c2ccccc12)C(=O)OC. The number of aromatic nitrogens is 1. The van der Waals surface area contributed by atoms with E-state index in [0.29, 0.717) is 12.8 Å². The number of carbonyl (C=O) groups is 2. The first-order valence-corrected chi connectivity index (χ1v) is 9.26. The van der Waals surface area contributed by atoms with Crippen LogP contribution in [0.25, 0.3) is 10.9 Å². The van der Waals surface area contributed by atoms with Gasteiger partial charge >= 0.3 is 5.97 Å². The molecule has 2 atom stereocenters. The quantitative estimate of drug-likeness (QED) is 0.524. The molecular weight excluding hydrogens is 354 g/mol. The van der Waals surface area contributed by atoms with Gasteiger partial charge in [0.2, 0.25) is 5.91 Å². The Kier molecular flexibility index (Phi) is 6.45. The second-order valence-electron chi connectivity index (χ2n) is 6.68. The predicted molar refractivity (Wildman–Crippen MR) is 109 cm³/mol. The second-order valence-corrected chi connectivity index (χ2v) is 6.68. The number of benzene rings is 2. The maximum absolute atomic E-state index is 12.8. The van der Waals surface area contributed by atoms with Crippen molar-refractivity contribution < 1.29 is 14.3 Å². The summed E-state index contributed by atoms with van der Waals surface area (Å²) in [5.41, 5.74) is 2.99. The normalized spacial score (nSPS) is 13.1. The maximum Gasteiger partial charge on any atom is 0.328 e. The highest BCUT2D eigenvalue weighted by molar-refractivity contribution is 5.89. The Morgan fingerprint density at radius 1 is 1.00 bits per heavy atom. The lowest BCUT2D eigenvalue weighted by atomic mass is 10.0. The zero-order chi connectivity index (χ0) is 19.9. The Morgan fingerprint density at radius 3 is 2.43 bits per heavy atom. The van der Waals surface area contributed by atoms with Crippen LogP contribution in [0.3, 0.4) is 0 Å². The number of fused-ring (bicyclic) bond motifs is 1. The minimum atomic E-state index is -0.761. The van der Waals surface area contributed by atoms with Gasteiger partial charge in [-0.25, -0.2) is 4.79 Å². The van der Waals surface area contributed by atoms with E-state index >= 15 is 0 Å². The topological polar surface area (TPSA) is 83.2 Å². The van der Waals surface area contributed by atoms with Crippen LogP contribution >= 0.6 is 0 Å². The summed E-state index contributed by atoms with van der Waals surface area (Å²) in [6, 6.07) is 16.4. The second kappa shape index (κ2) is 9.19. The lowest BCUT2D eigenvalue weighted by Crippen LogP contribution is -2.51. The number of hydrogen-bond acceptors (Lipinski definition) is 4. The third-order valence-electron chi connectivity index (χ3n) is 4.85. The molecule has 0 aliphatic carbocycles.